The van der Waals surface area contributed by atoms with Crippen LogP contribution in [0.4, 0.5) is 4.39 Å². The second-order valence-corrected chi connectivity index (χ2v) is 5.74. The highest BCUT2D eigenvalue weighted by molar-refractivity contribution is 6.10. The van der Waals surface area contributed by atoms with E-state index in [0.717, 1.165) is 31.1 Å². The molecule has 98 valence electrons. The van der Waals surface area contributed by atoms with E-state index in [2.05, 4.69) is 0 Å². The Morgan fingerprint density at radius 2 is 1.68 bits per heavy atom. The predicted molar refractivity (Wildman–Crippen MR) is 74.8 cm³/mol. The maximum atomic E-state index is 13.8. The van der Waals surface area contributed by atoms with Gasteiger partial charge in [-0.05, 0) is 30.4 Å². The number of carbonyl (C=O) groups excluding carboxylic acids is 1. The van der Waals surface area contributed by atoms with E-state index in [9.17, 15) is 9.18 Å². The van der Waals surface area contributed by atoms with Gasteiger partial charge in [0.1, 0.15) is 5.82 Å². The first-order chi connectivity index (χ1) is 9.12. The van der Waals surface area contributed by atoms with Gasteiger partial charge < -0.3 is 0 Å². The summed E-state index contributed by atoms with van der Waals surface area (Å²) in [5.41, 5.74) is 0.405. The van der Waals surface area contributed by atoms with Gasteiger partial charge in [-0.1, -0.05) is 44.0 Å². The summed E-state index contributed by atoms with van der Waals surface area (Å²) in [6.45, 7) is 2.04. The Morgan fingerprint density at radius 1 is 1.05 bits per heavy atom. The van der Waals surface area contributed by atoms with Gasteiger partial charge in [0.25, 0.3) is 0 Å². The highest BCUT2D eigenvalue weighted by atomic mass is 19.1. The molecule has 3 rings (SSSR count). The number of rotatable bonds is 2. The minimum atomic E-state index is -0.263. The lowest BCUT2D eigenvalue weighted by molar-refractivity contribution is 0.0825. The van der Waals surface area contributed by atoms with Crippen molar-refractivity contribution in [1.29, 1.82) is 0 Å². The van der Waals surface area contributed by atoms with E-state index >= 15 is 0 Å². The lowest BCUT2D eigenvalue weighted by atomic mass is 9.79. The third-order valence-corrected chi connectivity index (χ3v) is 4.37. The van der Waals surface area contributed by atoms with Gasteiger partial charge in [-0.3, -0.25) is 4.79 Å². The summed E-state index contributed by atoms with van der Waals surface area (Å²) in [5.74, 6) is -0.0927. The monoisotopic (exact) mass is 256 g/mol. The fraction of sp³-hybridized carbons (Fsp3) is 0.353. The van der Waals surface area contributed by atoms with Crippen LogP contribution in [0.5, 0.6) is 0 Å². The van der Waals surface area contributed by atoms with Crippen LogP contribution < -0.4 is 0 Å². The third-order valence-electron chi connectivity index (χ3n) is 4.37. The first kappa shape index (κ1) is 12.3. The fourth-order valence-corrected chi connectivity index (χ4v) is 3.17. The molecule has 1 nitrogen and oxygen atoms in total. The van der Waals surface area contributed by atoms with Crippen LogP contribution in [0.25, 0.3) is 10.8 Å². The van der Waals surface area contributed by atoms with Crippen molar-refractivity contribution in [2.45, 2.75) is 32.6 Å². The molecule has 0 spiro atoms. The van der Waals surface area contributed by atoms with Gasteiger partial charge in [-0.25, -0.2) is 4.39 Å². The number of fused-ring (bicyclic) bond motifs is 1. The molecule has 2 aromatic carbocycles. The van der Waals surface area contributed by atoms with E-state index in [-0.39, 0.29) is 17.0 Å². The molecule has 0 amide bonds. The first-order valence-electron chi connectivity index (χ1n) is 6.84. The van der Waals surface area contributed by atoms with Gasteiger partial charge >= 0.3 is 0 Å². The average molecular weight is 256 g/mol. The largest absolute Gasteiger partial charge is 0.294 e. The molecule has 1 fully saturated rings. The number of hydrogen-bond donors (Lipinski definition) is 0. The Morgan fingerprint density at radius 3 is 2.37 bits per heavy atom. The molecule has 1 aliphatic rings. The molecular formula is C17H17FO. The molecule has 1 aliphatic carbocycles. The van der Waals surface area contributed by atoms with Crippen molar-refractivity contribution >= 4 is 16.6 Å². The second-order valence-electron chi connectivity index (χ2n) is 5.74. The molecule has 0 unspecified atom stereocenters. The van der Waals surface area contributed by atoms with Crippen molar-refractivity contribution < 1.29 is 9.18 Å². The summed E-state index contributed by atoms with van der Waals surface area (Å²) in [7, 11) is 0. The summed E-state index contributed by atoms with van der Waals surface area (Å²) < 4.78 is 13.8. The van der Waals surface area contributed by atoms with Crippen LogP contribution in [0, 0.1) is 11.2 Å². The SMILES string of the molecule is CC1(C(=O)c2ccc(F)c3ccccc23)CCCC1. The lowest BCUT2D eigenvalue weighted by Crippen LogP contribution is -2.24. The third kappa shape index (κ3) is 1.95. The van der Waals surface area contributed by atoms with Gasteiger partial charge in [0.05, 0.1) is 0 Å². The number of carbonyl (C=O) groups is 1. The van der Waals surface area contributed by atoms with Crippen molar-refractivity contribution in [2.24, 2.45) is 5.41 Å². The van der Waals surface area contributed by atoms with Crippen molar-refractivity contribution in [1.82, 2.24) is 0 Å². The second kappa shape index (κ2) is 4.44. The van der Waals surface area contributed by atoms with E-state index in [1.54, 1.807) is 18.2 Å². The fourth-order valence-electron chi connectivity index (χ4n) is 3.17. The van der Waals surface area contributed by atoms with Crippen LogP contribution in [0.15, 0.2) is 36.4 Å². The molecule has 1 saturated carbocycles. The summed E-state index contributed by atoms with van der Waals surface area (Å²) in [4.78, 5) is 12.8. The Labute approximate surface area is 112 Å². The van der Waals surface area contributed by atoms with Crippen molar-refractivity contribution in [3.8, 4) is 0 Å². The van der Waals surface area contributed by atoms with Gasteiger partial charge in [0.15, 0.2) is 5.78 Å². The Balaban J connectivity index is 2.15. The van der Waals surface area contributed by atoms with Crippen molar-refractivity contribution in [3.63, 3.8) is 0 Å². The molecule has 0 radical (unpaired) electrons. The van der Waals surface area contributed by atoms with Crippen LogP contribution >= 0.6 is 0 Å². The first-order valence-corrected chi connectivity index (χ1v) is 6.84. The van der Waals surface area contributed by atoms with E-state index in [1.807, 2.05) is 19.1 Å². The van der Waals surface area contributed by atoms with E-state index in [4.69, 9.17) is 0 Å². The zero-order valence-electron chi connectivity index (χ0n) is 11.1. The minimum absolute atomic E-state index is 0.168. The molecule has 19 heavy (non-hydrogen) atoms. The van der Waals surface area contributed by atoms with Crippen LogP contribution in [0.3, 0.4) is 0 Å². The quantitative estimate of drug-likeness (QED) is 0.709. The number of benzene rings is 2. The zero-order chi connectivity index (χ0) is 13.5. The average Bonchev–Trinajstić information content (AvgIpc) is 2.87. The van der Waals surface area contributed by atoms with Crippen LogP contribution in [-0.2, 0) is 0 Å². The van der Waals surface area contributed by atoms with Gasteiger partial charge in [0, 0.05) is 16.4 Å². The molecule has 0 atom stereocenters. The van der Waals surface area contributed by atoms with Crippen LogP contribution in [0.2, 0.25) is 0 Å². The molecule has 0 N–H and O–H groups in total. The Hall–Kier alpha value is -1.70. The highest BCUT2D eigenvalue weighted by Crippen LogP contribution is 2.41. The lowest BCUT2D eigenvalue weighted by Gasteiger charge is -2.22. The van der Waals surface area contributed by atoms with E-state index < -0.39 is 0 Å². The van der Waals surface area contributed by atoms with Crippen LogP contribution in [-0.4, -0.2) is 5.78 Å². The van der Waals surface area contributed by atoms with Gasteiger partial charge in [-0.15, -0.1) is 0 Å². The number of ketones is 1. The predicted octanol–water partition coefficient (Wildman–Crippen LogP) is 4.74. The standard InChI is InChI=1S/C17H17FO/c1-17(10-4-5-11-17)16(19)14-8-9-15(18)13-7-3-2-6-12(13)14/h2-3,6-9H,4-5,10-11H2,1H3. The molecule has 2 aromatic rings. The number of hydrogen-bond acceptors (Lipinski definition) is 1. The summed E-state index contributed by atoms with van der Waals surface area (Å²) in [5, 5.41) is 1.27. The highest BCUT2D eigenvalue weighted by Gasteiger charge is 2.37. The summed E-state index contributed by atoms with van der Waals surface area (Å²) in [6.07, 6.45) is 4.11. The van der Waals surface area contributed by atoms with Crippen LogP contribution in [0.1, 0.15) is 43.0 Å². The smallest absolute Gasteiger partial charge is 0.169 e. The maximum Gasteiger partial charge on any atom is 0.169 e. The molecule has 0 aromatic heterocycles. The molecule has 2 heteroatoms. The van der Waals surface area contributed by atoms with Gasteiger partial charge in [0.2, 0.25) is 0 Å². The summed E-state index contributed by atoms with van der Waals surface area (Å²) >= 11 is 0. The Kier molecular flexibility index (Phi) is 2.89. The Bertz CT molecular complexity index is 639. The zero-order valence-corrected chi connectivity index (χ0v) is 11.1. The minimum Gasteiger partial charge on any atom is -0.294 e. The number of halogens is 1. The normalized spacial score (nSPS) is 17.8. The number of Topliss-reactive ketones (excluding diaryl/α,β-unsaturated/α-hetero) is 1. The maximum absolute atomic E-state index is 13.8. The molecule has 0 heterocycles. The van der Waals surface area contributed by atoms with Crippen molar-refractivity contribution in [3.05, 3.63) is 47.8 Å². The van der Waals surface area contributed by atoms with E-state index in [1.165, 1.54) is 6.07 Å². The van der Waals surface area contributed by atoms with Crippen molar-refractivity contribution in [2.75, 3.05) is 0 Å². The molecular weight excluding hydrogens is 239 g/mol. The molecule has 0 aliphatic heterocycles. The molecule has 0 bridgehead atoms. The topological polar surface area (TPSA) is 17.1 Å². The van der Waals surface area contributed by atoms with E-state index in [0.29, 0.717) is 10.9 Å². The van der Waals surface area contributed by atoms with Gasteiger partial charge in [-0.2, -0.15) is 0 Å². The molecule has 0 saturated heterocycles. The summed E-state index contributed by atoms with van der Waals surface area (Å²) in [6, 6.07) is 10.3.